The molecule has 2 heterocycles. The number of rotatable bonds is 5. The summed E-state index contributed by atoms with van der Waals surface area (Å²) < 4.78 is 16.1. The lowest BCUT2D eigenvalue weighted by atomic mass is 9.98. The molecule has 4 rings (SSSR count). The summed E-state index contributed by atoms with van der Waals surface area (Å²) in [6, 6.07) is 7.48. The number of furan rings is 1. The maximum atomic E-state index is 13.0. The molecular weight excluding hydrogens is 374 g/mol. The third-order valence-electron chi connectivity index (χ3n) is 5.67. The van der Waals surface area contributed by atoms with E-state index < -0.39 is 17.7 Å². The highest BCUT2D eigenvalue weighted by Gasteiger charge is 2.50. The van der Waals surface area contributed by atoms with Crippen molar-refractivity contribution in [2.45, 2.75) is 37.8 Å². The Morgan fingerprint density at radius 2 is 1.83 bits per heavy atom. The summed E-state index contributed by atoms with van der Waals surface area (Å²) in [6.07, 6.45) is 5.18. The molecule has 2 aromatic rings. The van der Waals surface area contributed by atoms with E-state index in [0.29, 0.717) is 22.8 Å². The number of ketones is 1. The number of carbonyl (C=O) groups excluding carboxylic acids is 2. The molecule has 29 heavy (non-hydrogen) atoms. The number of likely N-dealkylation sites (tertiary alicyclic amines) is 1. The molecule has 0 radical (unpaired) electrons. The number of carbonyl (C=O) groups is 2. The number of methoxy groups -OCH3 is 2. The second-order valence-electron chi connectivity index (χ2n) is 7.23. The molecule has 1 N–H and O–H groups in total. The highest BCUT2D eigenvalue weighted by atomic mass is 16.5. The second kappa shape index (κ2) is 7.66. The van der Waals surface area contributed by atoms with Gasteiger partial charge in [0.1, 0.15) is 17.6 Å². The van der Waals surface area contributed by atoms with Crippen LogP contribution in [0.1, 0.15) is 43.0 Å². The molecule has 0 bridgehead atoms. The molecule has 1 aliphatic heterocycles. The fourth-order valence-corrected chi connectivity index (χ4v) is 4.27. The van der Waals surface area contributed by atoms with Crippen LogP contribution in [-0.2, 0) is 9.59 Å². The summed E-state index contributed by atoms with van der Waals surface area (Å²) in [5, 5.41) is 11.1. The first-order valence-corrected chi connectivity index (χ1v) is 9.62. The topological polar surface area (TPSA) is 89.2 Å². The summed E-state index contributed by atoms with van der Waals surface area (Å²) in [5.41, 5.74) is 0.396. The van der Waals surface area contributed by atoms with Crippen LogP contribution in [-0.4, -0.2) is 42.0 Å². The van der Waals surface area contributed by atoms with Crippen molar-refractivity contribution in [3.05, 3.63) is 53.5 Å². The van der Waals surface area contributed by atoms with Crippen molar-refractivity contribution >= 4 is 17.4 Å². The van der Waals surface area contributed by atoms with Crippen molar-refractivity contribution in [1.29, 1.82) is 0 Å². The number of aliphatic hydroxyl groups is 1. The van der Waals surface area contributed by atoms with Gasteiger partial charge in [-0.05, 0) is 43.2 Å². The summed E-state index contributed by atoms with van der Waals surface area (Å²) in [5.74, 6) is -0.190. The van der Waals surface area contributed by atoms with Gasteiger partial charge in [0.15, 0.2) is 11.5 Å². The Bertz CT molecular complexity index is 956. The van der Waals surface area contributed by atoms with Gasteiger partial charge in [-0.15, -0.1) is 0 Å². The first-order valence-electron chi connectivity index (χ1n) is 9.62. The summed E-state index contributed by atoms with van der Waals surface area (Å²) >= 11 is 0. The number of ether oxygens (including phenoxy) is 2. The monoisotopic (exact) mass is 397 g/mol. The molecule has 1 aromatic heterocycles. The number of hydrogen-bond donors (Lipinski definition) is 1. The van der Waals surface area contributed by atoms with Crippen LogP contribution in [0, 0.1) is 0 Å². The van der Waals surface area contributed by atoms with Crippen LogP contribution in [0.2, 0.25) is 0 Å². The van der Waals surface area contributed by atoms with Gasteiger partial charge < -0.3 is 23.9 Å². The zero-order valence-electron chi connectivity index (χ0n) is 16.4. The van der Waals surface area contributed by atoms with Crippen molar-refractivity contribution in [2.75, 3.05) is 14.2 Å². The first-order chi connectivity index (χ1) is 14.1. The van der Waals surface area contributed by atoms with E-state index >= 15 is 0 Å². The lowest BCUT2D eigenvalue weighted by Crippen LogP contribution is -2.37. The fraction of sp³-hybridized carbons (Fsp3) is 0.364. The smallest absolute Gasteiger partial charge is 0.296 e. The van der Waals surface area contributed by atoms with Gasteiger partial charge in [-0.1, -0.05) is 12.8 Å². The largest absolute Gasteiger partial charge is 0.507 e. The molecule has 0 spiro atoms. The molecular formula is C22H23NO6. The van der Waals surface area contributed by atoms with E-state index in [2.05, 4.69) is 0 Å². The lowest BCUT2D eigenvalue weighted by Gasteiger charge is -2.29. The highest BCUT2D eigenvalue weighted by molar-refractivity contribution is 6.46. The lowest BCUT2D eigenvalue weighted by molar-refractivity contribution is -0.141. The van der Waals surface area contributed by atoms with Crippen LogP contribution in [0.3, 0.4) is 0 Å². The van der Waals surface area contributed by atoms with Gasteiger partial charge >= 0.3 is 0 Å². The molecule has 1 aliphatic carbocycles. The molecule has 1 unspecified atom stereocenters. The molecule has 1 saturated heterocycles. The van der Waals surface area contributed by atoms with Gasteiger partial charge in [0.2, 0.25) is 0 Å². The Balaban J connectivity index is 1.85. The number of amides is 1. The fourth-order valence-electron chi connectivity index (χ4n) is 4.27. The number of nitrogens with zero attached hydrogens (tertiary/aromatic N) is 1. The normalized spacial score (nSPS) is 21.7. The summed E-state index contributed by atoms with van der Waals surface area (Å²) in [7, 11) is 3.00. The van der Waals surface area contributed by atoms with Gasteiger partial charge in [0.25, 0.3) is 11.7 Å². The molecule has 1 saturated carbocycles. The van der Waals surface area contributed by atoms with E-state index in [1.807, 2.05) is 0 Å². The molecule has 152 valence electrons. The van der Waals surface area contributed by atoms with Crippen molar-refractivity contribution < 1.29 is 28.6 Å². The Morgan fingerprint density at radius 3 is 2.45 bits per heavy atom. The molecule has 7 nitrogen and oxygen atoms in total. The van der Waals surface area contributed by atoms with E-state index in [-0.39, 0.29) is 17.4 Å². The minimum atomic E-state index is -0.749. The summed E-state index contributed by atoms with van der Waals surface area (Å²) in [4.78, 5) is 27.5. The number of benzene rings is 1. The second-order valence-corrected chi connectivity index (χ2v) is 7.23. The average molecular weight is 397 g/mol. The molecule has 7 heteroatoms. The van der Waals surface area contributed by atoms with Crippen LogP contribution in [0.4, 0.5) is 0 Å². The van der Waals surface area contributed by atoms with E-state index in [0.717, 1.165) is 25.7 Å². The Kier molecular flexibility index (Phi) is 5.05. The van der Waals surface area contributed by atoms with Gasteiger partial charge in [-0.25, -0.2) is 0 Å². The standard InChI is InChI=1S/C22H23NO6/c1-27-15-10-9-13(12-17(15)28-2)20(24)18-19(16-8-5-11-29-16)23(22(26)21(18)25)14-6-3-4-7-14/h5,8-12,14,19,24H,3-4,6-7H2,1-2H3/b20-18-. The third kappa shape index (κ3) is 3.16. The zero-order chi connectivity index (χ0) is 20.5. The number of hydrogen-bond acceptors (Lipinski definition) is 6. The van der Waals surface area contributed by atoms with Crippen molar-refractivity contribution in [1.82, 2.24) is 4.90 Å². The summed E-state index contributed by atoms with van der Waals surface area (Å²) in [6.45, 7) is 0. The van der Waals surface area contributed by atoms with Crippen molar-refractivity contribution in [2.24, 2.45) is 0 Å². The quantitative estimate of drug-likeness (QED) is 0.471. The molecule has 2 aliphatic rings. The minimum Gasteiger partial charge on any atom is -0.507 e. The van der Waals surface area contributed by atoms with Crippen LogP contribution in [0.25, 0.3) is 5.76 Å². The SMILES string of the molecule is COc1ccc(/C(O)=C2/C(=O)C(=O)N(C3CCCC3)C2c2ccco2)cc1OC. The molecule has 1 amide bonds. The first kappa shape index (κ1) is 19.1. The average Bonchev–Trinajstić information content (AvgIpc) is 3.49. The van der Waals surface area contributed by atoms with Gasteiger partial charge in [-0.2, -0.15) is 0 Å². The van der Waals surface area contributed by atoms with Crippen LogP contribution >= 0.6 is 0 Å². The van der Waals surface area contributed by atoms with Crippen molar-refractivity contribution in [3.8, 4) is 11.5 Å². The van der Waals surface area contributed by atoms with E-state index in [1.165, 1.54) is 20.5 Å². The van der Waals surface area contributed by atoms with E-state index in [1.54, 1.807) is 35.2 Å². The van der Waals surface area contributed by atoms with Crippen LogP contribution in [0.15, 0.2) is 46.6 Å². The number of aliphatic hydroxyl groups excluding tert-OH is 1. The Hall–Kier alpha value is -3.22. The highest BCUT2D eigenvalue weighted by Crippen LogP contribution is 2.44. The molecule has 1 atom stereocenters. The number of Topliss-reactive ketones (excluding diaryl/α,β-unsaturated/α-hetero) is 1. The van der Waals surface area contributed by atoms with Crippen LogP contribution < -0.4 is 9.47 Å². The van der Waals surface area contributed by atoms with E-state index in [4.69, 9.17) is 13.9 Å². The van der Waals surface area contributed by atoms with Gasteiger partial charge in [0, 0.05) is 11.6 Å². The Labute approximate surface area is 168 Å². The van der Waals surface area contributed by atoms with E-state index in [9.17, 15) is 14.7 Å². The predicted molar refractivity (Wildman–Crippen MR) is 105 cm³/mol. The molecule has 1 aromatic carbocycles. The van der Waals surface area contributed by atoms with Gasteiger partial charge in [0.05, 0.1) is 26.1 Å². The third-order valence-corrected chi connectivity index (χ3v) is 5.67. The predicted octanol–water partition coefficient (Wildman–Crippen LogP) is 3.66. The zero-order valence-corrected chi connectivity index (χ0v) is 16.4. The van der Waals surface area contributed by atoms with Crippen molar-refractivity contribution in [3.63, 3.8) is 0 Å². The van der Waals surface area contributed by atoms with Gasteiger partial charge in [-0.3, -0.25) is 9.59 Å². The maximum Gasteiger partial charge on any atom is 0.296 e. The van der Waals surface area contributed by atoms with Crippen LogP contribution in [0.5, 0.6) is 11.5 Å². The minimum absolute atomic E-state index is 0.0315. The Morgan fingerprint density at radius 1 is 1.10 bits per heavy atom. The molecule has 2 fully saturated rings. The maximum absolute atomic E-state index is 13.0.